The predicted octanol–water partition coefficient (Wildman–Crippen LogP) is 2.86. The van der Waals surface area contributed by atoms with Crippen LogP contribution in [0.15, 0.2) is 42.6 Å². The number of aromatic nitrogens is 3. The summed E-state index contributed by atoms with van der Waals surface area (Å²) in [4.78, 5) is 16.0. The standard InChI is InChI=1S/C13H9ClN4O/c14-12-6-2-5-11(16-12)13(19)17-9-3-1-4-10-8(9)7-15-18-10/h1-7H,(H,15,18)(H,17,19). The van der Waals surface area contributed by atoms with Crippen LogP contribution in [0.1, 0.15) is 10.5 Å². The number of hydrogen-bond donors (Lipinski definition) is 2. The second-order valence-electron chi connectivity index (χ2n) is 3.94. The van der Waals surface area contributed by atoms with E-state index in [1.807, 2.05) is 12.1 Å². The Kier molecular flexibility index (Phi) is 2.89. The zero-order chi connectivity index (χ0) is 13.2. The number of H-pyrrole nitrogens is 1. The van der Waals surface area contributed by atoms with Crippen LogP contribution in [0, 0.1) is 0 Å². The summed E-state index contributed by atoms with van der Waals surface area (Å²) in [6, 6.07) is 10.4. The van der Waals surface area contributed by atoms with Crippen LogP contribution in [0.2, 0.25) is 5.15 Å². The Bertz CT molecular complexity index is 753. The Morgan fingerprint density at radius 3 is 2.89 bits per heavy atom. The van der Waals surface area contributed by atoms with Gasteiger partial charge < -0.3 is 5.32 Å². The number of nitrogens with zero attached hydrogens (tertiary/aromatic N) is 2. The average molecular weight is 273 g/mol. The largest absolute Gasteiger partial charge is 0.320 e. The highest BCUT2D eigenvalue weighted by atomic mass is 35.5. The predicted molar refractivity (Wildman–Crippen MR) is 73.3 cm³/mol. The minimum atomic E-state index is -0.309. The lowest BCUT2D eigenvalue weighted by atomic mass is 10.2. The molecule has 0 unspecified atom stereocenters. The third kappa shape index (κ3) is 2.28. The van der Waals surface area contributed by atoms with E-state index in [4.69, 9.17) is 11.6 Å². The number of halogens is 1. The SMILES string of the molecule is O=C(Nc1cccc2[nH]ncc12)c1cccc(Cl)n1. The number of hydrogen-bond acceptors (Lipinski definition) is 3. The minimum absolute atomic E-state index is 0.271. The van der Waals surface area contributed by atoms with Crippen LogP contribution < -0.4 is 5.32 Å². The number of aromatic amines is 1. The van der Waals surface area contributed by atoms with Gasteiger partial charge in [-0.05, 0) is 24.3 Å². The van der Waals surface area contributed by atoms with Crippen LogP contribution in [-0.4, -0.2) is 21.1 Å². The van der Waals surface area contributed by atoms with E-state index in [0.717, 1.165) is 10.9 Å². The van der Waals surface area contributed by atoms with Crippen molar-refractivity contribution in [3.8, 4) is 0 Å². The van der Waals surface area contributed by atoms with Crippen molar-refractivity contribution in [1.82, 2.24) is 15.2 Å². The van der Waals surface area contributed by atoms with Gasteiger partial charge in [0.1, 0.15) is 10.8 Å². The van der Waals surface area contributed by atoms with Gasteiger partial charge in [-0.3, -0.25) is 9.89 Å². The Balaban J connectivity index is 1.93. The molecule has 0 aliphatic carbocycles. The molecule has 0 radical (unpaired) electrons. The third-order valence-electron chi connectivity index (χ3n) is 2.68. The van der Waals surface area contributed by atoms with Crippen LogP contribution in [0.25, 0.3) is 10.9 Å². The Morgan fingerprint density at radius 2 is 2.05 bits per heavy atom. The summed E-state index contributed by atoms with van der Waals surface area (Å²) in [5, 5.41) is 10.7. The molecule has 0 spiro atoms. The fourth-order valence-corrected chi connectivity index (χ4v) is 1.96. The van der Waals surface area contributed by atoms with Gasteiger partial charge in [-0.15, -0.1) is 0 Å². The van der Waals surface area contributed by atoms with Gasteiger partial charge in [0.15, 0.2) is 0 Å². The van der Waals surface area contributed by atoms with Crippen molar-refractivity contribution < 1.29 is 4.79 Å². The van der Waals surface area contributed by atoms with Crippen LogP contribution >= 0.6 is 11.6 Å². The molecule has 6 heteroatoms. The van der Waals surface area contributed by atoms with Gasteiger partial charge in [0.2, 0.25) is 0 Å². The second kappa shape index (κ2) is 4.70. The topological polar surface area (TPSA) is 70.7 Å². The summed E-state index contributed by atoms with van der Waals surface area (Å²) in [6.45, 7) is 0. The van der Waals surface area contributed by atoms with Gasteiger partial charge in [-0.2, -0.15) is 5.10 Å². The molecule has 0 saturated carbocycles. The first kappa shape index (κ1) is 11.7. The average Bonchev–Trinajstić information content (AvgIpc) is 2.88. The minimum Gasteiger partial charge on any atom is -0.320 e. The second-order valence-corrected chi connectivity index (χ2v) is 4.32. The van der Waals surface area contributed by atoms with Gasteiger partial charge in [-0.1, -0.05) is 23.7 Å². The number of pyridine rings is 1. The van der Waals surface area contributed by atoms with Gasteiger partial charge in [0.25, 0.3) is 5.91 Å². The Labute approximate surface area is 113 Å². The molecule has 2 heterocycles. The maximum absolute atomic E-state index is 12.1. The molecule has 5 nitrogen and oxygen atoms in total. The van der Waals surface area contributed by atoms with Gasteiger partial charge in [0, 0.05) is 5.39 Å². The fourth-order valence-electron chi connectivity index (χ4n) is 1.80. The maximum Gasteiger partial charge on any atom is 0.274 e. The lowest BCUT2D eigenvalue weighted by Crippen LogP contribution is -2.13. The normalized spacial score (nSPS) is 10.6. The molecular formula is C13H9ClN4O. The Morgan fingerprint density at radius 1 is 1.21 bits per heavy atom. The van der Waals surface area contributed by atoms with E-state index in [9.17, 15) is 4.79 Å². The lowest BCUT2D eigenvalue weighted by Gasteiger charge is -2.05. The zero-order valence-corrected chi connectivity index (χ0v) is 10.5. The van der Waals surface area contributed by atoms with Crippen molar-refractivity contribution in [2.75, 3.05) is 5.32 Å². The molecule has 0 bridgehead atoms. The van der Waals surface area contributed by atoms with E-state index in [1.54, 1.807) is 30.5 Å². The molecule has 2 N–H and O–H groups in total. The number of benzene rings is 1. The third-order valence-corrected chi connectivity index (χ3v) is 2.89. The summed E-state index contributed by atoms with van der Waals surface area (Å²) in [5.74, 6) is -0.309. The molecule has 0 saturated heterocycles. The van der Waals surface area contributed by atoms with Crippen molar-refractivity contribution in [2.24, 2.45) is 0 Å². The molecule has 3 aromatic rings. The number of anilines is 1. The summed E-state index contributed by atoms with van der Waals surface area (Å²) >= 11 is 5.76. The first-order valence-electron chi connectivity index (χ1n) is 5.60. The molecule has 2 aromatic heterocycles. The van der Waals surface area contributed by atoms with Crippen molar-refractivity contribution in [3.05, 3.63) is 53.4 Å². The molecule has 0 aliphatic heterocycles. The molecule has 3 rings (SSSR count). The molecular weight excluding hydrogens is 264 g/mol. The fraction of sp³-hybridized carbons (Fsp3) is 0. The summed E-state index contributed by atoms with van der Waals surface area (Å²) in [5.41, 5.74) is 1.81. The van der Waals surface area contributed by atoms with Crippen LogP contribution in [0.5, 0.6) is 0 Å². The first-order valence-corrected chi connectivity index (χ1v) is 5.98. The van der Waals surface area contributed by atoms with Gasteiger partial charge in [-0.25, -0.2) is 4.98 Å². The van der Waals surface area contributed by atoms with E-state index >= 15 is 0 Å². The highest BCUT2D eigenvalue weighted by Gasteiger charge is 2.10. The van der Waals surface area contributed by atoms with Crippen LogP contribution in [0.4, 0.5) is 5.69 Å². The van der Waals surface area contributed by atoms with Crippen molar-refractivity contribution >= 4 is 34.1 Å². The summed E-state index contributed by atoms with van der Waals surface area (Å²) in [6.07, 6.45) is 1.66. The van der Waals surface area contributed by atoms with Crippen molar-refractivity contribution in [1.29, 1.82) is 0 Å². The van der Waals surface area contributed by atoms with Crippen LogP contribution in [-0.2, 0) is 0 Å². The lowest BCUT2D eigenvalue weighted by molar-refractivity contribution is 0.102. The van der Waals surface area contributed by atoms with E-state index in [1.165, 1.54) is 0 Å². The Hall–Kier alpha value is -2.40. The van der Waals surface area contributed by atoms with Crippen molar-refractivity contribution in [3.63, 3.8) is 0 Å². The molecule has 19 heavy (non-hydrogen) atoms. The van der Waals surface area contributed by atoms with E-state index < -0.39 is 0 Å². The number of carbonyl (C=O) groups is 1. The number of nitrogens with one attached hydrogen (secondary N) is 2. The monoisotopic (exact) mass is 272 g/mol. The van der Waals surface area contributed by atoms with E-state index in [2.05, 4.69) is 20.5 Å². The molecule has 1 amide bonds. The van der Waals surface area contributed by atoms with E-state index in [0.29, 0.717) is 5.69 Å². The highest BCUT2D eigenvalue weighted by Crippen LogP contribution is 2.21. The molecule has 0 fully saturated rings. The molecule has 0 aliphatic rings. The van der Waals surface area contributed by atoms with E-state index in [-0.39, 0.29) is 16.8 Å². The first-order chi connectivity index (χ1) is 9.24. The number of amides is 1. The highest BCUT2D eigenvalue weighted by molar-refractivity contribution is 6.29. The maximum atomic E-state index is 12.1. The quantitative estimate of drug-likeness (QED) is 0.705. The summed E-state index contributed by atoms with van der Waals surface area (Å²) < 4.78 is 0. The number of fused-ring (bicyclic) bond motifs is 1. The van der Waals surface area contributed by atoms with Gasteiger partial charge in [0.05, 0.1) is 17.4 Å². The molecule has 0 atom stereocenters. The summed E-state index contributed by atoms with van der Waals surface area (Å²) in [7, 11) is 0. The molecule has 94 valence electrons. The molecule has 1 aromatic carbocycles. The zero-order valence-electron chi connectivity index (χ0n) is 9.72. The smallest absolute Gasteiger partial charge is 0.274 e. The van der Waals surface area contributed by atoms with Crippen molar-refractivity contribution in [2.45, 2.75) is 0 Å². The number of carbonyl (C=O) groups excluding carboxylic acids is 1. The van der Waals surface area contributed by atoms with Gasteiger partial charge >= 0.3 is 0 Å². The van der Waals surface area contributed by atoms with Crippen LogP contribution in [0.3, 0.4) is 0 Å². The number of rotatable bonds is 2.